The van der Waals surface area contributed by atoms with Gasteiger partial charge in [0.2, 0.25) is 11.8 Å². The molecule has 0 spiro atoms. The molecule has 0 radical (unpaired) electrons. The molecule has 0 bridgehead atoms. The third kappa shape index (κ3) is 9.32. The topological polar surface area (TPSA) is 135 Å². The quantitative estimate of drug-likeness (QED) is 0.200. The molecule has 0 unspecified atom stereocenters. The lowest BCUT2D eigenvalue weighted by atomic mass is 10.0. The lowest BCUT2D eigenvalue weighted by Crippen LogP contribution is -2.51. The Bertz CT molecular complexity index is 1450. The van der Waals surface area contributed by atoms with Crippen molar-refractivity contribution in [2.45, 2.75) is 44.4 Å². The Labute approximate surface area is 246 Å². The highest BCUT2D eigenvalue weighted by Gasteiger charge is 2.34. The van der Waals surface area contributed by atoms with Gasteiger partial charge in [0.25, 0.3) is 5.91 Å². The van der Waals surface area contributed by atoms with Crippen molar-refractivity contribution in [2.75, 3.05) is 13.7 Å². The van der Waals surface area contributed by atoms with Gasteiger partial charge in [-0.15, -0.1) is 0 Å². The van der Waals surface area contributed by atoms with Crippen LogP contribution in [0.4, 0.5) is 13.2 Å². The molecule has 3 aromatic rings. The second-order valence-corrected chi connectivity index (χ2v) is 9.68. The van der Waals surface area contributed by atoms with Crippen molar-refractivity contribution in [2.24, 2.45) is 5.73 Å². The summed E-state index contributed by atoms with van der Waals surface area (Å²) in [6.07, 6.45) is -1.98. The minimum Gasteiger partial charge on any atom is -0.463 e. The standard InChI is InChI=1S/C31H33F3N4O5/c1-3-43-28(40)18-14-21(13-17-27(35)39)36-29(41)26(19-20-9-5-4-6-10-20)38(2)30(42)25-16-15-24(37-25)22-11-7-8-12-23(22)31(32,33)34/h4-12,14-16,18,21,26,37H,3,13,17,19H2,1-2H3,(H2,35,39)(H,36,41)/b18-14+/t21-,26-/m0/s1. The molecule has 0 saturated carbocycles. The summed E-state index contributed by atoms with van der Waals surface area (Å²) in [4.78, 5) is 54.4. The van der Waals surface area contributed by atoms with Crippen LogP contribution in [0.15, 0.2) is 78.9 Å². The molecule has 3 rings (SSSR count). The molecule has 43 heavy (non-hydrogen) atoms. The first-order chi connectivity index (χ1) is 20.4. The number of carbonyl (C=O) groups excluding carboxylic acids is 4. The van der Waals surface area contributed by atoms with Crippen LogP contribution >= 0.6 is 0 Å². The van der Waals surface area contributed by atoms with Gasteiger partial charge in [-0.1, -0.05) is 54.6 Å². The highest BCUT2D eigenvalue weighted by Crippen LogP contribution is 2.36. The third-order valence-electron chi connectivity index (χ3n) is 6.58. The van der Waals surface area contributed by atoms with Gasteiger partial charge in [0.05, 0.1) is 12.2 Å². The molecule has 3 amide bonds. The number of hydrogen-bond donors (Lipinski definition) is 3. The van der Waals surface area contributed by atoms with Crippen LogP contribution in [0.3, 0.4) is 0 Å². The van der Waals surface area contributed by atoms with E-state index in [1.807, 2.05) is 0 Å². The molecular weight excluding hydrogens is 565 g/mol. The number of nitrogens with one attached hydrogen (secondary N) is 2. The Morgan fingerprint density at radius 1 is 1.02 bits per heavy atom. The average molecular weight is 599 g/mol. The summed E-state index contributed by atoms with van der Waals surface area (Å²) in [6, 6.07) is 14.8. The molecule has 2 atom stereocenters. The predicted molar refractivity (Wildman–Crippen MR) is 153 cm³/mol. The number of esters is 1. The van der Waals surface area contributed by atoms with Crippen LogP contribution in [0.25, 0.3) is 11.3 Å². The van der Waals surface area contributed by atoms with Gasteiger partial charge in [-0.3, -0.25) is 14.4 Å². The Hall–Kier alpha value is -4.87. The van der Waals surface area contributed by atoms with Crippen LogP contribution in [0.1, 0.15) is 41.4 Å². The number of primary amides is 1. The molecule has 12 heteroatoms. The number of carbonyl (C=O) groups is 4. The number of aromatic amines is 1. The summed E-state index contributed by atoms with van der Waals surface area (Å²) < 4.78 is 45.6. The molecule has 0 aliphatic rings. The van der Waals surface area contributed by atoms with E-state index in [9.17, 15) is 32.3 Å². The number of amides is 3. The van der Waals surface area contributed by atoms with Gasteiger partial charge in [0.15, 0.2) is 0 Å². The minimum absolute atomic E-state index is 0.0205. The lowest BCUT2D eigenvalue weighted by molar-refractivity contribution is -0.138. The molecule has 0 fully saturated rings. The van der Waals surface area contributed by atoms with Gasteiger partial charge in [0.1, 0.15) is 11.7 Å². The number of nitrogens with two attached hydrogens (primary N) is 1. The van der Waals surface area contributed by atoms with E-state index in [0.717, 1.165) is 17.7 Å². The zero-order valence-electron chi connectivity index (χ0n) is 23.7. The van der Waals surface area contributed by atoms with E-state index in [0.29, 0.717) is 0 Å². The normalized spacial score (nSPS) is 12.9. The molecule has 228 valence electrons. The van der Waals surface area contributed by atoms with Gasteiger partial charge >= 0.3 is 12.1 Å². The molecular formula is C31H33F3N4O5. The second kappa shape index (κ2) is 14.9. The van der Waals surface area contributed by atoms with Crippen molar-refractivity contribution >= 4 is 23.7 Å². The van der Waals surface area contributed by atoms with Crippen molar-refractivity contribution in [3.05, 3.63) is 95.7 Å². The minimum atomic E-state index is -4.60. The number of rotatable bonds is 13. The monoisotopic (exact) mass is 598 g/mol. The Kier molecular flexibility index (Phi) is 11.3. The zero-order valence-corrected chi connectivity index (χ0v) is 23.7. The largest absolute Gasteiger partial charge is 0.463 e. The number of H-pyrrole nitrogens is 1. The maximum absolute atomic E-state index is 13.6. The fourth-order valence-corrected chi connectivity index (χ4v) is 4.39. The van der Waals surface area contributed by atoms with Gasteiger partial charge in [0, 0.05) is 43.3 Å². The number of benzene rings is 2. The summed E-state index contributed by atoms with van der Waals surface area (Å²) in [5.41, 5.74) is 5.11. The van der Waals surface area contributed by atoms with E-state index < -0.39 is 47.5 Å². The number of likely N-dealkylation sites (N-methyl/N-ethyl adjacent to an activating group) is 1. The number of ether oxygens (including phenoxy) is 1. The van der Waals surface area contributed by atoms with E-state index in [1.165, 1.54) is 48.4 Å². The Morgan fingerprint density at radius 2 is 1.70 bits per heavy atom. The molecule has 0 saturated heterocycles. The highest BCUT2D eigenvalue weighted by atomic mass is 19.4. The summed E-state index contributed by atoms with van der Waals surface area (Å²) in [5.74, 6) is -2.46. The first-order valence-corrected chi connectivity index (χ1v) is 13.5. The lowest BCUT2D eigenvalue weighted by Gasteiger charge is -2.29. The molecule has 0 aliphatic heterocycles. The van der Waals surface area contributed by atoms with Crippen molar-refractivity contribution < 1.29 is 37.1 Å². The second-order valence-electron chi connectivity index (χ2n) is 9.68. The fraction of sp³-hybridized carbons (Fsp3) is 0.290. The first-order valence-electron chi connectivity index (χ1n) is 13.5. The van der Waals surface area contributed by atoms with E-state index in [1.54, 1.807) is 37.3 Å². The van der Waals surface area contributed by atoms with Crippen LogP contribution in [0, 0.1) is 0 Å². The molecule has 1 aromatic heterocycles. The first kappa shape index (κ1) is 32.6. The molecule has 4 N–H and O–H groups in total. The number of aromatic nitrogens is 1. The van der Waals surface area contributed by atoms with Gasteiger partial charge in [-0.25, -0.2) is 4.79 Å². The van der Waals surface area contributed by atoms with E-state index in [-0.39, 0.29) is 42.8 Å². The molecule has 2 aromatic carbocycles. The van der Waals surface area contributed by atoms with E-state index in [4.69, 9.17) is 10.5 Å². The van der Waals surface area contributed by atoms with Crippen molar-refractivity contribution in [1.29, 1.82) is 0 Å². The Morgan fingerprint density at radius 3 is 2.35 bits per heavy atom. The predicted octanol–water partition coefficient (Wildman–Crippen LogP) is 4.25. The smallest absolute Gasteiger partial charge is 0.417 e. The molecule has 1 heterocycles. The summed E-state index contributed by atoms with van der Waals surface area (Å²) in [7, 11) is 1.41. The number of alkyl halides is 3. The van der Waals surface area contributed by atoms with Gasteiger partial charge in [-0.2, -0.15) is 13.2 Å². The highest BCUT2D eigenvalue weighted by molar-refractivity contribution is 5.97. The van der Waals surface area contributed by atoms with Crippen LogP contribution in [0.2, 0.25) is 0 Å². The van der Waals surface area contributed by atoms with Crippen molar-refractivity contribution in [3.8, 4) is 11.3 Å². The SMILES string of the molecule is CCOC(=O)/C=C/[C@H](CCC(N)=O)NC(=O)[C@H](Cc1ccccc1)N(C)C(=O)c1ccc(-c2ccccc2C(F)(F)F)[nH]1. The molecule has 9 nitrogen and oxygen atoms in total. The molecule has 0 aliphatic carbocycles. The van der Waals surface area contributed by atoms with E-state index in [2.05, 4.69) is 10.3 Å². The van der Waals surface area contributed by atoms with Crippen LogP contribution in [-0.2, 0) is 31.7 Å². The summed E-state index contributed by atoms with van der Waals surface area (Å²) in [5, 5.41) is 2.76. The zero-order chi connectivity index (χ0) is 31.6. The van der Waals surface area contributed by atoms with Crippen molar-refractivity contribution in [1.82, 2.24) is 15.2 Å². The fourth-order valence-electron chi connectivity index (χ4n) is 4.39. The average Bonchev–Trinajstić information content (AvgIpc) is 3.47. The van der Waals surface area contributed by atoms with Gasteiger partial charge < -0.3 is 25.7 Å². The summed E-state index contributed by atoms with van der Waals surface area (Å²) in [6.45, 7) is 1.79. The van der Waals surface area contributed by atoms with Crippen LogP contribution < -0.4 is 11.1 Å². The van der Waals surface area contributed by atoms with Crippen LogP contribution in [-0.4, -0.2) is 59.3 Å². The third-order valence-corrected chi connectivity index (χ3v) is 6.58. The maximum Gasteiger partial charge on any atom is 0.417 e. The van der Waals surface area contributed by atoms with Gasteiger partial charge in [-0.05, 0) is 37.1 Å². The van der Waals surface area contributed by atoms with Crippen LogP contribution in [0.5, 0.6) is 0 Å². The number of nitrogens with zero attached hydrogens (tertiary/aromatic N) is 1. The summed E-state index contributed by atoms with van der Waals surface area (Å²) >= 11 is 0. The Balaban J connectivity index is 1.89. The number of halogens is 3. The maximum atomic E-state index is 13.6. The number of hydrogen-bond acceptors (Lipinski definition) is 5. The van der Waals surface area contributed by atoms with E-state index >= 15 is 0 Å². The van der Waals surface area contributed by atoms with Crippen molar-refractivity contribution in [3.63, 3.8) is 0 Å².